The summed E-state index contributed by atoms with van der Waals surface area (Å²) in [4.78, 5) is 20.3. The van der Waals surface area contributed by atoms with Crippen LogP contribution in [-0.4, -0.2) is 44.4 Å². The largest absolute Gasteiger partial charge is 0.343 e. The normalized spacial score (nSPS) is 12.7. The standard InChI is InChI=1S/C22H24ClN5OS/c1-4-27(5-2)20(29)11-10-15-12-17-21(16-8-6-7-9-18(16)23)24-13-19-26-25-14(3)28(19)22(17)30-15/h6-9,12H,4-5,10-11,13H2,1-3H3. The molecule has 30 heavy (non-hydrogen) atoms. The van der Waals surface area contributed by atoms with Gasteiger partial charge in [0.1, 0.15) is 17.4 Å². The minimum absolute atomic E-state index is 0.185. The van der Waals surface area contributed by atoms with Crippen molar-refractivity contribution in [2.24, 2.45) is 4.99 Å². The zero-order chi connectivity index (χ0) is 21.3. The molecule has 0 bridgehead atoms. The van der Waals surface area contributed by atoms with Crippen LogP contribution in [0, 0.1) is 6.92 Å². The van der Waals surface area contributed by atoms with E-state index in [0.29, 0.717) is 24.4 Å². The molecule has 6 nitrogen and oxygen atoms in total. The number of fused-ring (bicyclic) bond motifs is 3. The minimum Gasteiger partial charge on any atom is -0.343 e. The first-order valence-corrected chi connectivity index (χ1v) is 11.3. The summed E-state index contributed by atoms with van der Waals surface area (Å²) in [7, 11) is 0. The van der Waals surface area contributed by atoms with E-state index in [1.165, 1.54) is 0 Å². The number of benzene rings is 1. The van der Waals surface area contributed by atoms with E-state index >= 15 is 0 Å². The Kier molecular flexibility index (Phi) is 6.01. The van der Waals surface area contributed by atoms with E-state index in [4.69, 9.17) is 16.6 Å². The van der Waals surface area contributed by atoms with Crippen molar-refractivity contribution in [3.8, 4) is 5.00 Å². The van der Waals surface area contributed by atoms with Gasteiger partial charge in [0, 0.05) is 40.5 Å². The van der Waals surface area contributed by atoms with Crippen molar-refractivity contribution in [3.63, 3.8) is 0 Å². The van der Waals surface area contributed by atoms with Gasteiger partial charge in [0.15, 0.2) is 5.82 Å². The van der Waals surface area contributed by atoms with Crippen LogP contribution in [0.5, 0.6) is 0 Å². The molecular formula is C22H24ClN5OS. The number of aliphatic imine (C=N–C) groups is 1. The van der Waals surface area contributed by atoms with Crippen LogP contribution in [0.25, 0.3) is 5.00 Å². The Balaban J connectivity index is 1.74. The molecule has 0 atom stereocenters. The highest BCUT2D eigenvalue weighted by Gasteiger charge is 2.25. The lowest BCUT2D eigenvalue weighted by atomic mass is 10.0. The summed E-state index contributed by atoms with van der Waals surface area (Å²) in [5, 5.41) is 10.3. The average molecular weight is 442 g/mol. The fourth-order valence-corrected chi connectivity index (χ4v) is 5.19. The second-order valence-electron chi connectivity index (χ2n) is 7.14. The topological polar surface area (TPSA) is 63.4 Å². The maximum absolute atomic E-state index is 12.5. The molecule has 2 aromatic heterocycles. The van der Waals surface area contributed by atoms with Gasteiger partial charge in [-0.15, -0.1) is 21.5 Å². The van der Waals surface area contributed by atoms with E-state index in [1.807, 2.05) is 49.9 Å². The first kappa shape index (κ1) is 20.8. The third-order valence-corrected chi connectivity index (χ3v) is 6.83. The van der Waals surface area contributed by atoms with Crippen molar-refractivity contribution in [1.29, 1.82) is 0 Å². The number of hydrogen-bond acceptors (Lipinski definition) is 5. The molecule has 0 radical (unpaired) electrons. The Labute approximate surface area is 185 Å². The Hall–Kier alpha value is -2.51. The fourth-order valence-electron chi connectivity index (χ4n) is 3.75. The smallest absolute Gasteiger partial charge is 0.222 e. The van der Waals surface area contributed by atoms with Gasteiger partial charge < -0.3 is 4.90 Å². The van der Waals surface area contributed by atoms with Gasteiger partial charge in [-0.25, -0.2) is 0 Å². The second kappa shape index (κ2) is 8.70. The molecular weight excluding hydrogens is 418 g/mol. The van der Waals surface area contributed by atoms with Gasteiger partial charge in [-0.2, -0.15) is 0 Å². The van der Waals surface area contributed by atoms with Crippen molar-refractivity contribution in [2.75, 3.05) is 13.1 Å². The summed E-state index contributed by atoms with van der Waals surface area (Å²) < 4.78 is 2.07. The average Bonchev–Trinajstić information content (AvgIpc) is 3.28. The molecule has 8 heteroatoms. The Morgan fingerprint density at radius 3 is 2.70 bits per heavy atom. The van der Waals surface area contributed by atoms with E-state index < -0.39 is 0 Å². The summed E-state index contributed by atoms with van der Waals surface area (Å²) in [5.74, 6) is 1.82. The molecule has 0 spiro atoms. The van der Waals surface area contributed by atoms with Crippen LogP contribution < -0.4 is 0 Å². The Morgan fingerprint density at radius 2 is 1.97 bits per heavy atom. The molecule has 3 aromatic rings. The van der Waals surface area contributed by atoms with Crippen LogP contribution in [0.15, 0.2) is 35.3 Å². The van der Waals surface area contributed by atoms with Crippen molar-refractivity contribution < 1.29 is 4.79 Å². The number of nitrogens with zero attached hydrogens (tertiary/aromatic N) is 5. The number of aryl methyl sites for hydroxylation is 2. The molecule has 4 rings (SSSR count). The van der Waals surface area contributed by atoms with Crippen LogP contribution in [0.4, 0.5) is 0 Å². The molecule has 1 aromatic carbocycles. The molecule has 1 aliphatic rings. The fraction of sp³-hybridized carbons (Fsp3) is 0.364. The number of rotatable bonds is 6. The SMILES string of the molecule is CCN(CC)C(=O)CCc1cc2c(s1)-n1c(C)nnc1CN=C2c1ccccc1Cl. The molecule has 0 saturated carbocycles. The van der Waals surface area contributed by atoms with Crippen molar-refractivity contribution >= 4 is 34.6 Å². The van der Waals surface area contributed by atoms with Gasteiger partial charge in [-0.05, 0) is 39.3 Å². The molecule has 3 heterocycles. The Bertz CT molecular complexity index is 1110. The van der Waals surface area contributed by atoms with E-state index in [-0.39, 0.29) is 5.91 Å². The number of halogens is 1. The molecule has 1 aliphatic heterocycles. The number of amides is 1. The number of carbonyl (C=O) groups excluding carboxylic acids is 1. The summed E-state index contributed by atoms with van der Waals surface area (Å²) in [5.41, 5.74) is 2.78. The number of carbonyl (C=O) groups is 1. The van der Waals surface area contributed by atoms with Crippen LogP contribution in [0.1, 0.15) is 47.9 Å². The highest BCUT2D eigenvalue weighted by Crippen LogP contribution is 2.34. The lowest BCUT2D eigenvalue weighted by molar-refractivity contribution is -0.130. The van der Waals surface area contributed by atoms with Gasteiger partial charge >= 0.3 is 0 Å². The van der Waals surface area contributed by atoms with Gasteiger partial charge in [0.25, 0.3) is 0 Å². The third kappa shape index (κ3) is 3.79. The minimum atomic E-state index is 0.185. The van der Waals surface area contributed by atoms with Crippen LogP contribution in [0.3, 0.4) is 0 Å². The van der Waals surface area contributed by atoms with Crippen molar-refractivity contribution in [3.05, 3.63) is 63.0 Å². The maximum Gasteiger partial charge on any atom is 0.222 e. The predicted molar refractivity (Wildman–Crippen MR) is 121 cm³/mol. The number of aromatic nitrogens is 3. The summed E-state index contributed by atoms with van der Waals surface area (Å²) in [6.45, 7) is 7.89. The molecule has 0 saturated heterocycles. The van der Waals surface area contributed by atoms with Crippen LogP contribution in [0.2, 0.25) is 5.02 Å². The molecule has 0 aliphatic carbocycles. The highest BCUT2D eigenvalue weighted by molar-refractivity contribution is 7.15. The maximum atomic E-state index is 12.5. The second-order valence-corrected chi connectivity index (χ2v) is 8.66. The first-order chi connectivity index (χ1) is 14.5. The van der Waals surface area contributed by atoms with Crippen molar-refractivity contribution in [2.45, 2.75) is 40.2 Å². The third-order valence-electron chi connectivity index (χ3n) is 5.32. The van der Waals surface area contributed by atoms with Gasteiger partial charge in [0.05, 0.1) is 5.71 Å². The molecule has 1 amide bonds. The molecule has 0 fully saturated rings. The number of hydrogen-bond donors (Lipinski definition) is 0. The van der Waals surface area contributed by atoms with E-state index in [0.717, 1.165) is 51.5 Å². The van der Waals surface area contributed by atoms with Gasteiger partial charge in [0.2, 0.25) is 5.91 Å². The number of thiophene rings is 1. The summed E-state index contributed by atoms with van der Waals surface area (Å²) in [6, 6.07) is 9.90. The van der Waals surface area contributed by atoms with Crippen LogP contribution in [-0.2, 0) is 17.8 Å². The Morgan fingerprint density at radius 1 is 1.20 bits per heavy atom. The lowest BCUT2D eigenvalue weighted by Crippen LogP contribution is -2.30. The van der Waals surface area contributed by atoms with E-state index in [2.05, 4.69) is 20.8 Å². The summed E-state index contributed by atoms with van der Waals surface area (Å²) in [6.07, 6.45) is 1.19. The molecule has 156 valence electrons. The van der Waals surface area contributed by atoms with Gasteiger partial charge in [-0.1, -0.05) is 29.8 Å². The summed E-state index contributed by atoms with van der Waals surface area (Å²) >= 11 is 8.18. The first-order valence-electron chi connectivity index (χ1n) is 10.1. The molecule has 0 unspecified atom stereocenters. The monoisotopic (exact) mass is 441 g/mol. The zero-order valence-electron chi connectivity index (χ0n) is 17.4. The van der Waals surface area contributed by atoms with Crippen molar-refractivity contribution in [1.82, 2.24) is 19.7 Å². The van der Waals surface area contributed by atoms with Gasteiger partial charge in [-0.3, -0.25) is 14.4 Å². The van der Waals surface area contributed by atoms with E-state index in [9.17, 15) is 4.79 Å². The lowest BCUT2D eigenvalue weighted by Gasteiger charge is -2.18. The molecule has 0 N–H and O–H groups in total. The van der Waals surface area contributed by atoms with Crippen LogP contribution >= 0.6 is 22.9 Å². The zero-order valence-corrected chi connectivity index (χ0v) is 18.9. The predicted octanol–water partition coefficient (Wildman–Crippen LogP) is 4.44. The quantitative estimate of drug-likeness (QED) is 0.568. The van der Waals surface area contributed by atoms with E-state index in [1.54, 1.807) is 11.3 Å². The highest BCUT2D eigenvalue weighted by atomic mass is 35.5.